The van der Waals surface area contributed by atoms with E-state index < -0.39 is 5.82 Å². The van der Waals surface area contributed by atoms with E-state index in [0.717, 1.165) is 10.8 Å². The molecule has 0 atom stereocenters. The molecule has 1 heterocycles. The lowest BCUT2D eigenvalue weighted by Crippen LogP contribution is -2.16. The van der Waals surface area contributed by atoms with Crippen LogP contribution in [-0.4, -0.2) is 26.8 Å². The van der Waals surface area contributed by atoms with Crippen molar-refractivity contribution in [3.05, 3.63) is 78.1 Å². The Morgan fingerprint density at radius 1 is 1.04 bits per heavy atom. The molecule has 0 saturated carbocycles. The van der Waals surface area contributed by atoms with Crippen molar-refractivity contribution in [2.45, 2.75) is 20.0 Å². The third-order valence-electron chi connectivity index (χ3n) is 4.22. The Kier molecular flexibility index (Phi) is 4.61. The number of hydrogen-bond donors (Lipinski definition) is 0. The summed E-state index contributed by atoms with van der Waals surface area (Å²) in [7, 11) is 0. The summed E-state index contributed by atoms with van der Waals surface area (Å²) in [4.78, 5) is 17.7. The zero-order chi connectivity index (χ0) is 19.7. The molecule has 0 aliphatic carbocycles. The molecule has 4 rings (SSSR count). The van der Waals surface area contributed by atoms with E-state index in [1.54, 1.807) is 18.2 Å². The quantitative estimate of drug-likeness (QED) is 0.518. The van der Waals surface area contributed by atoms with E-state index in [1.165, 1.54) is 16.8 Å². The first kappa shape index (κ1) is 17.9. The van der Waals surface area contributed by atoms with Crippen LogP contribution in [-0.2, 0) is 0 Å². The molecule has 0 N–H and O–H groups in total. The SMILES string of the molecule is CC(C)Oc1nc(-c2cccc(F)c2)n(C(=O)c2cccc3ccccc23)n1. The molecule has 0 fully saturated rings. The predicted octanol–water partition coefficient (Wildman–Crippen LogP) is 4.71. The Balaban J connectivity index is 1.88. The Hall–Kier alpha value is -3.54. The zero-order valence-corrected chi connectivity index (χ0v) is 15.5. The Bertz CT molecular complexity index is 1160. The number of halogens is 1. The van der Waals surface area contributed by atoms with Crippen molar-refractivity contribution in [3.8, 4) is 17.4 Å². The van der Waals surface area contributed by atoms with Gasteiger partial charge in [0.05, 0.1) is 6.10 Å². The van der Waals surface area contributed by atoms with Gasteiger partial charge < -0.3 is 4.74 Å². The van der Waals surface area contributed by atoms with Gasteiger partial charge in [0.25, 0.3) is 5.91 Å². The first-order chi connectivity index (χ1) is 13.5. The summed E-state index contributed by atoms with van der Waals surface area (Å²) in [5, 5.41) is 6.00. The van der Waals surface area contributed by atoms with Crippen molar-refractivity contribution in [2.75, 3.05) is 0 Å². The van der Waals surface area contributed by atoms with Gasteiger partial charge in [0.1, 0.15) is 5.82 Å². The van der Waals surface area contributed by atoms with Gasteiger partial charge >= 0.3 is 6.01 Å². The molecule has 0 spiro atoms. The fraction of sp³-hybridized carbons (Fsp3) is 0.136. The van der Waals surface area contributed by atoms with E-state index in [9.17, 15) is 9.18 Å². The monoisotopic (exact) mass is 375 g/mol. The van der Waals surface area contributed by atoms with Crippen molar-refractivity contribution in [3.63, 3.8) is 0 Å². The van der Waals surface area contributed by atoms with E-state index in [0.29, 0.717) is 11.1 Å². The number of aromatic nitrogens is 3. The second-order valence-electron chi connectivity index (χ2n) is 6.64. The largest absolute Gasteiger partial charge is 0.460 e. The van der Waals surface area contributed by atoms with Crippen LogP contribution in [0.2, 0.25) is 0 Å². The maximum atomic E-state index is 13.8. The normalized spacial score (nSPS) is 11.1. The molecule has 6 heteroatoms. The molecule has 28 heavy (non-hydrogen) atoms. The lowest BCUT2D eigenvalue weighted by Gasteiger charge is -2.08. The standard InChI is InChI=1S/C22H18FN3O2/c1-14(2)28-22-24-20(16-9-5-10-17(23)13-16)26(25-22)21(27)19-12-6-8-15-7-3-4-11-18(15)19/h3-14H,1-2H3. The van der Waals surface area contributed by atoms with Gasteiger partial charge in [0.15, 0.2) is 5.82 Å². The second kappa shape index (κ2) is 7.23. The third-order valence-corrected chi connectivity index (χ3v) is 4.22. The number of fused-ring (bicyclic) bond motifs is 1. The van der Waals surface area contributed by atoms with Crippen LogP contribution < -0.4 is 4.74 Å². The van der Waals surface area contributed by atoms with E-state index in [-0.39, 0.29) is 23.8 Å². The minimum absolute atomic E-state index is 0.0721. The molecule has 1 aromatic heterocycles. The van der Waals surface area contributed by atoms with Crippen LogP contribution in [0.1, 0.15) is 24.2 Å². The topological polar surface area (TPSA) is 57.0 Å². The van der Waals surface area contributed by atoms with Crippen LogP contribution in [0.25, 0.3) is 22.2 Å². The third kappa shape index (κ3) is 3.36. The molecule has 0 saturated heterocycles. The Morgan fingerprint density at radius 2 is 1.79 bits per heavy atom. The highest BCUT2D eigenvalue weighted by Gasteiger charge is 2.22. The minimum Gasteiger partial charge on any atom is -0.460 e. The smallest absolute Gasteiger partial charge is 0.336 e. The summed E-state index contributed by atoms with van der Waals surface area (Å²) in [6.07, 6.45) is -0.163. The number of benzene rings is 3. The summed E-state index contributed by atoms with van der Waals surface area (Å²) in [6, 6.07) is 19.1. The van der Waals surface area contributed by atoms with Crippen LogP contribution >= 0.6 is 0 Å². The molecule has 0 aliphatic heterocycles. The summed E-state index contributed by atoms with van der Waals surface area (Å²) < 4.78 is 20.5. The Labute approximate surface area is 161 Å². The number of nitrogens with zero attached hydrogens (tertiary/aromatic N) is 3. The second-order valence-corrected chi connectivity index (χ2v) is 6.64. The van der Waals surface area contributed by atoms with Gasteiger partial charge in [-0.3, -0.25) is 4.79 Å². The van der Waals surface area contributed by atoms with Gasteiger partial charge in [-0.05, 0) is 42.8 Å². The van der Waals surface area contributed by atoms with Gasteiger partial charge in [0.2, 0.25) is 0 Å². The number of rotatable bonds is 4. The molecule has 140 valence electrons. The summed E-state index contributed by atoms with van der Waals surface area (Å²) in [6.45, 7) is 3.68. The average molecular weight is 375 g/mol. The van der Waals surface area contributed by atoms with Crippen molar-refractivity contribution in [1.82, 2.24) is 14.8 Å². The number of hydrogen-bond acceptors (Lipinski definition) is 4. The van der Waals surface area contributed by atoms with Crippen LogP contribution in [0.5, 0.6) is 6.01 Å². The molecular weight excluding hydrogens is 357 g/mol. The summed E-state index contributed by atoms with van der Waals surface area (Å²) in [5.74, 6) is -0.550. The van der Waals surface area contributed by atoms with Crippen molar-refractivity contribution in [2.24, 2.45) is 0 Å². The molecule has 3 aromatic carbocycles. The summed E-state index contributed by atoms with van der Waals surface area (Å²) >= 11 is 0. The van der Waals surface area contributed by atoms with E-state index >= 15 is 0 Å². The van der Waals surface area contributed by atoms with Crippen LogP contribution in [0, 0.1) is 5.82 Å². The molecule has 0 amide bonds. The van der Waals surface area contributed by atoms with Gasteiger partial charge in [-0.15, -0.1) is 5.10 Å². The average Bonchev–Trinajstić information content (AvgIpc) is 3.10. The molecular formula is C22H18FN3O2. The maximum absolute atomic E-state index is 13.8. The summed E-state index contributed by atoms with van der Waals surface area (Å²) in [5.41, 5.74) is 0.927. The maximum Gasteiger partial charge on any atom is 0.336 e. The lowest BCUT2D eigenvalue weighted by molar-refractivity contribution is 0.0945. The highest BCUT2D eigenvalue weighted by molar-refractivity contribution is 6.08. The fourth-order valence-corrected chi connectivity index (χ4v) is 3.04. The van der Waals surface area contributed by atoms with Crippen molar-refractivity contribution >= 4 is 16.7 Å². The molecule has 0 radical (unpaired) electrons. The zero-order valence-electron chi connectivity index (χ0n) is 15.5. The van der Waals surface area contributed by atoms with Gasteiger partial charge in [-0.2, -0.15) is 9.67 Å². The van der Waals surface area contributed by atoms with Gasteiger partial charge in [-0.1, -0.05) is 48.5 Å². The van der Waals surface area contributed by atoms with Crippen LogP contribution in [0.15, 0.2) is 66.7 Å². The van der Waals surface area contributed by atoms with Crippen LogP contribution in [0.3, 0.4) is 0 Å². The minimum atomic E-state index is -0.420. The molecule has 0 bridgehead atoms. The molecule has 0 unspecified atom stereocenters. The van der Waals surface area contributed by atoms with Gasteiger partial charge in [-0.25, -0.2) is 4.39 Å². The van der Waals surface area contributed by atoms with Crippen molar-refractivity contribution < 1.29 is 13.9 Å². The molecule has 5 nitrogen and oxygen atoms in total. The van der Waals surface area contributed by atoms with E-state index in [1.807, 2.05) is 50.2 Å². The molecule has 0 aliphatic rings. The number of ether oxygens (including phenoxy) is 1. The highest BCUT2D eigenvalue weighted by Crippen LogP contribution is 2.25. The van der Waals surface area contributed by atoms with Crippen molar-refractivity contribution in [1.29, 1.82) is 0 Å². The molecule has 4 aromatic rings. The van der Waals surface area contributed by atoms with E-state index in [4.69, 9.17) is 4.74 Å². The van der Waals surface area contributed by atoms with Gasteiger partial charge in [0, 0.05) is 11.1 Å². The van der Waals surface area contributed by atoms with E-state index in [2.05, 4.69) is 10.1 Å². The first-order valence-electron chi connectivity index (χ1n) is 8.95. The predicted molar refractivity (Wildman–Crippen MR) is 105 cm³/mol. The highest BCUT2D eigenvalue weighted by atomic mass is 19.1. The first-order valence-corrected chi connectivity index (χ1v) is 8.95. The van der Waals surface area contributed by atoms with Crippen LogP contribution in [0.4, 0.5) is 4.39 Å². The number of carbonyl (C=O) groups is 1. The fourth-order valence-electron chi connectivity index (χ4n) is 3.04. The lowest BCUT2D eigenvalue weighted by atomic mass is 10.0. The Morgan fingerprint density at radius 3 is 2.57 bits per heavy atom. The number of carbonyl (C=O) groups excluding carboxylic acids is 1.